The zero-order chi connectivity index (χ0) is 25.2. The van der Waals surface area contributed by atoms with Crippen molar-refractivity contribution in [3.05, 3.63) is 84.7 Å². The summed E-state index contributed by atoms with van der Waals surface area (Å²) < 4.78 is 20.9. The van der Waals surface area contributed by atoms with E-state index in [9.17, 15) is 4.39 Å². The summed E-state index contributed by atoms with van der Waals surface area (Å²) in [6.45, 7) is 3.71. The second kappa shape index (κ2) is 10.3. The van der Waals surface area contributed by atoms with E-state index in [1.165, 1.54) is 12.1 Å². The Morgan fingerprint density at radius 1 is 1.03 bits per heavy atom. The van der Waals surface area contributed by atoms with Gasteiger partial charge in [0.2, 0.25) is 0 Å². The minimum Gasteiger partial charge on any atom is -0.378 e. The van der Waals surface area contributed by atoms with Gasteiger partial charge in [-0.3, -0.25) is 4.68 Å². The van der Waals surface area contributed by atoms with Gasteiger partial charge in [0, 0.05) is 53.8 Å². The van der Waals surface area contributed by atoms with Crippen LogP contribution in [0.5, 0.6) is 0 Å². The summed E-state index contributed by atoms with van der Waals surface area (Å²) in [6, 6.07) is 15.2. The van der Waals surface area contributed by atoms with Crippen LogP contribution in [0.1, 0.15) is 5.56 Å². The van der Waals surface area contributed by atoms with Crippen LogP contribution in [0.2, 0.25) is 0 Å². The number of rotatable bonds is 7. The molecule has 0 atom stereocenters. The van der Waals surface area contributed by atoms with Gasteiger partial charge in [0.1, 0.15) is 11.5 Å². The van der Waals surface area contributed by atoms with E-state index >= 15 is 0 Å². The Morgan fingerprint density at radius 3 is 2.76 bits per heavy atom. The molecule has 2 N–H and O–H groups in total. The second-order valence-corrected chi connectivity index (χ2v) is 9.36. The number of aromatic amines is 1. The Labute approximate surface area is 219 Å². The lowest BCUT2D eigenvalue weighted by Gasteiger charge is -2.31. The smallest absolute Gasteiger partial charge is 0.137 e. The van der Waals surface area contributed by atoms with E-state index in [0.717, 1.165) is 76.5 Å². The van der Waals surface area contributed by atoms with Crippen molar-refractivity contribution in [1.82, 2.24) is 19.7 Å². The maximum atomic E-state index is 13.6. The highest BCUT2D eigenvalue weighted by molar-refractivity contribution is 7.80. The average Bonchev–Trinajstić information content (AvgIpc) is 3.56. The normalized spacial score (nSPS) is 13.8. The predicted molar refractivity (Wildman–Crippen MR) is 149 cm³/mol. The number of H-pyrrole nitrogens is 1. The minimum atomic E-state index is -0.245. The van der Waals surface area contributed by atoms with Crippen molar-refractivity contribution in [2.75, 3.05) is 42.4 Å². The molecule has 0 radical (unpaired) electrons. The highest BCUT2D eigenvalue weighted by atomic mass is 32.1. The van der Waals surface area contributed by atoms with Gasteiger partial charge < -0.3 is 19.9 Å². The molecule has 0 unspecified atom stereocenters. The molecule has 5 aromatic rings. The van der Waals surface area contributed by atoms with Gasteiger partial charge in [-0.1, -0.05) is 18.2 Å². The third kappa shape index (κ3) is 4.92. The van der Waals surface area contributed by atoms with Crippen LogP contribution in [0.4, 0.5) is 15.8 Å². The first-order valence-corrected chi connectivity index (χ1v) is 12.9. The Balaban J connectivity index is 1.31. The standard InChI is InChI=1S/C28H27FN6OS/c29-23-3-1-2-19(10-23)16-35-17-22(14-33-35)25-15-31-28-24(25)11-21(13-30-28)20-4-5-27(26(12-20)32-18-37)34-6-8-36-9-7-34/h1-5,10-15,17,32,37H,6-9,16,18H2,(H,30,31). The summed E-state index contributed by atoms with van der Waals surface area (Å²) in [6.07, 6.45) is 7.66. The third-order valence-corrected chi connectivity index (χ3v) is 6.82. The average molecular weight is 515 g/mol. The number of anilines is 2. The first kappa shape index (κ1) is 23.6. The summed E-state index contributed by atoms with van der Waals surface area (Å²) in [5.74, 6) is 0.297. The molecule has 1 aliphatic rings. The Morgan fingerprint density at radius 2 is 1.92 bits per heavy atom. The molecule has 7 nitrogen and oxygen atoms in total. The minimum absolute atomic E-state index is 0.245. The number of benzene rings is 2. The second-order valence-electron chi connectivity index (χ2n) is 9.05. The molecule has 37 heavy (non-hydrogen) atoms. The molecule has 0 aliphatic carbocycles. The van der Waals surface area contributed by atoms with E-state index < -0.39 is 0 Å². The molecule has 4 heterocycles. The monoisotopic (exact) mass is 514 g/mol. The molecule has 188 valence electrons. The van der Waals surface area contributed by atoms with E-state index in [2.05, 4.69) is 62.2 Å². The lowest BCUT2D eigenvalue weighted by atomic mass is 10.0. The Bertz CT molecular complexity index is 1540. The van der Waals surface area contributed by atoms with Gasteiger partial charge in [0.05, 0.1) is 43.2 Å². The number of morpholine rings is 1. The highest BCUT2D eigenvalue weighted by Crippen LogP contribution is 2.35. The summed E-state index contributed by atoms with van der Waals surface area (Å²) in [5.41, 5.74) is 7.97. The number of ether oxygens (including phenoxy) is 1. The summed E-state index contributed by atoms with van der Waals surface area (Å²) >= 11 is 4.40. The van der Waals surface area contributed by atoms with Gasteiger partial charge in [-0.25, -0.2) is 9.37 Å². The van der Waals surface area contributed by atoms with E-state index in [1.54, 1.807) is 6.07 Å². The van der Waals surface area contributed by atoms with Crippen LogP contribution in [0, 0.1) is 5.82 Å². The topological polar surface area (TPSA) is 71.0 Å². The number of hydrogen-bond donors (Lipinski definition) is 3. The van der Waals surface area contributed by atoms with Gasteiger partial charge in [-0.05, 0) is 41.5 Å². The van der Waals surface area contributed by atoms with Crippen molar-refractivity contribution in [3.8, 4) is 22.3 Å². The zero-order valence-corrected chi connectivity index (χ0v) is 21.1. The SMILES string of the molecule is Fc1cccc(Cn2cc(-c3c[nH]c4ncc(-c5ccc(N6CCOCC6)c(NCS)c5)cc34)cn2)c1. The molecule has 0 amide bonds. The molecule has 6 rings (SSSR count). The first-order chi connectivity index (χ1) is 18.2. The molecule has 3 aromatic heterocycles. The van der Waals surface area contributed by atoms with Gasteiger partial charge in [0.15, 0.2) is 0 Å². The van der Waals surface area contributed by atoms with Crippen LogP contribution in [-0.2, 0) is 11.3 Å². The summed E-state index contributed by atoms with van der Waals surface area (Å²) in [4.78, 5) is 10.3. The molecule has 1 saturated heterocycles. The van der Waals surface area contributed by atoms with Crippen LogP contribution in [0.3, 0.4) is 0 Å². The first-order valence-electron chi connectivity index (χ1n) is 12.2. The number of hydrogen-bond acceptors (Lipinski definition) is 6. The fourth-order valence-electron chi connectivity index (χ4n) is 4.83. The van der Waals surface area contributed by atoms with E-state index in [0.29, 0.717) is 12.4 Å². The molecule has 2 aromatic carbocycles. The molecule has 0 spiro atoms. The van der Waals surface area contributed by atoms with E-state index in [4.69, 9.17) is 4.74 Å². The van der Waals surface area contributed by atoms with E-state index in [-0.39, 0.29) is 5.82 Å². The van der Waals surface area contributed by atoms with Crippen LogP contribution in [0.25, 0.3) is 33.3 Å². The summed E-state index contributed by atoms with van der Waals surface area (Å²) in [5, 5.41) is 8.92. The molecule has 0 bridgehead atoms. The largest absolute Gasteiger partial charge is 0.378 e. The number of aromatic nitrogens is 4. The Kier molecular flexibility index (Phi) is 6.55. The quantitative estimate of drug-likeness (QED) is 0.200. The highest BCUT2D eigenvalue weighted by Gasteiger charge is 2.17. The maximum Gasteiger partial charge on any atom is 0.137 e. The van der Waals surface area contributed by atoms with E-state index in [1.807, 2.05) is 35.5 Å². The fourth-order valence-corrected chi connectivity index (χ4v) is 5.00. The van der Waals surface area contributed by atoms with Crippen LogP contribution in [0.15, 0.2) is 73.3 Å². The lowest BCUT2D eigenvalue weighted by molar-refractivity contribution is 0.123. The van der Waals surface area contributed by atoms with Crippen LogP contribution < -0.4 is 10.2 Å². The van der Waals surface area contributed by atoms with Gasteiger partial charge in [-0.15, -0.1) is 0 Å². The van der Waals surface area contributed by atoms with Gasteiger partial charge in [-0.2, -0.15) is 17.7 Å². The summed E-state index contributed by atoms with van der Waals surface area (Å²) in [7, 11) is 0. The fraction of sp³-hybridized carbons (Fsp3) is 0.214. The molecule has 1 aliphatic heterocycles. The van der Waals surface area contributed by atoms with Crippen molar-refractivity contribution in [3.63, 3.8) is 0 Å². The molecule has 0 saturated carbocycles. The number of nitrogens with zero attached hydrogens (tertiary/aromatic N) is 4. The molecular weight excluding hydrogens is 487 g/mol. The number of halogens is 1. The molecule has 9 heteroatoms. The van der Waals surface area contributed by atoms with Crippen LogP contribution in [-0.4, -0.2) is 51.9 Å². The molecule has 1 fully saturated rings. The van der Waals surface area contributed by atoms with Crippen molar-refractivity contribution in [2.24, 2.45) is 0 Å². The predicted octanol–water partition coefficient (Wildman–Crippen LogP) is 5.42. The van der Waals surface area contributed by atoms with Crippen molar-refractivity contribution in [2.45, 2.75) is 6.54 Å². The lowest BCUT2D eigenvalue weighted by Crippen LogP contribution is -2.36. The third-order valence-electron chi connectivity index (χ3n) is 6.66. The molecular formula is C28H27FN6OS. The van der Waals surface area contributed by atoms with Crippen LogP contribution >= 0.6 is 12.6 Å². The number of nitrogens with one attached hydrogen (secondary N) is 2. The maximum absolute atomic E-state index is 13.6. The van der Waals surface area contributed by atoms with Crippen molar-refractivity contribution < 1.29 is 9.13 Å². The zero-order valence-electron chi connectivity index (χ0n) is 20.2. The van der Waals surface area contributed by atoms with Crippen molar-refractivity contribution in [1.29, 1.82) is 0 Å². The Hall–Kier alpha value is -3.82. The number of thiol groups is 1. The number of pyridine rings is 1. The van der Waals surface area contributed by atoms with Gasteiger partial charge >= 0.3 is 0 Å². The van der Waals surface area contributed by atoms with Gasteiger partial charge in [0.25, 0.3) is 0 Å². The van der Waals surface area contributed by atoms with Crippen molar-refractivity contribution >= 4 is 35.0 Å². The number of fused-ring (bicyclic) bond motifs is 1.